The van der Waals surface area contributed by atoms with E-state index in [2.05, 4.69) is 17.2 Å². The molecule has 4 rings (SSSR count). The molecule has 8 heteroatoms. The molecule has 5 nitrogen and oxygen atoms in total. The van der Waals surface area contributed by atoms with Crippen molar-refractivity contribution in [1.29, 1.82) is 0 Å². The zero-order chi connectivity index (χ0) is 22.4. The normalized spacial score (nSPS) is 20.7. The van der Waals surface area contributed by atoms with Crippen LogP contribution in [-0.4, -0.2) is 35.6 Å². The van der Waals surface area contributed by atoms with Gasteiger partial charge in [-0.1, -0.05) is 11.8 Å². The Labute approximate surface area is 179 Å². The van der Waals surface area contributed by atoms with Gasteiger partial charge < -0.3 is 19.5 Å². The van der Waals surface area contributed by atoms with Crippen LogP contribution in [0.25, 0.3) is 0 Å². The Balaban J connectivity index is 1.79. The summed E-state index contributed by atoms with van der Waals surface area (Å²) in [5.41, 5.74) is -0.937. The number of methoxy groups -OCH3 is 1. The molecule has 164 valence electrons. The molecule has 0 unspecified atom stereocenters. The Morgan fingerprint density at radius 2 is 2.10 bits per heavy atom. The van der Waals surface area contributed by atoms with Crippen LogP contribution < -0.4 is 5.32 Å². The fourth-order valence-corrected chi connectivity index (χ4v) is 3.94. The minimum absolute atomic E-state index is 0.0379. The van der Waals surface area contributed by atoms with Crippen molar-refractivity contribution in [1.82, 2.24) is 9.47 Å². The number of benzene rings is 1. The maximum Gasteiger partial charge on any atom is 0.323 e. The summed E-state index contributed by atoms with van der Waals surface area (Å²) in [6, 6.07) is 3.65. The summed E-state index contributed by atoms with van der Waals surface area (Å²) in [5.74, 6) is 1.52. The number of carbonyl (C=O) groups excluding carboxylic acids is 1. The monoisotopic (exact) mass is 431 g/mol. The van der Waals surface area contributed by atoms with Crippen molar-refractivity contribution in [2.75, 3.05) is 19.5 Å². The number of aromatic nitrogens is 1. The number of nitrogens with one attached hydrogen (secondary N) is 1. The molecule has 0 saturated heterocycles. The Morgan fingerprint density at radius 1 is 1.35 bits per heavy atom. The number of hydrogen-bond acceptors (Lipinski definition) is 2. The van der Waals surface area contributed by atoms with E-state index in [1.807, 2.05) is 12.3 Å². The van der Waals surface area contributed by atoms with Crippen LogP contribution in [0.5, 0.6) is 0 Å². The maximum atomic E-state index is 15.1. The zero-order valence-corrected chi connectivity index (χ0v) is 17.6. The van der Waals surface area contributed by atoms with Crippen molar-refractivity contribution < 1.29 is 22.7 Å². The van der Waals surface area contributed by atoms with E-state index in [9.17, 15) is 4.79 Å². The van der Waals surface area contributed by atoms with Gasteiger partial charge in [0.2, 0.25) is 0 Å². The summed E-state index contributed by atoms with van der Waals surface area (Å²) >= 11 is 0. The molecule has 1 N–H and O–H groups in total. The number of carbonyl (C=O) groups is 1. The van der Waals surface area contributed by atoms with Crippen LogP contribution in [0.3, 0.4) is 0 Å². The topological polar surface area (TPSA) is 46.5 Å². The van der Waals surface area contributed by atoms with Crippen LogP contribution in [-0.2, 0) is 23.4 Å². The summed E-state index contributed by atoms with van der Waals surface area (Å²) in [6.07, 6.45) is 5.29. The SMILES string of the molecule is COCc1ccn(Cc2cc3c(cc2F)[C@@](C#CC2CC2)(C(C)(F)F)N(C)C(=O)N3)c1. The third kappa shape index (κ3) is 3.79. The highest BCUT2D eigenvalue weighted by Gasteiger charge is 2.58. The molecule has 1 fully saturated rings. The van der Waals surface area contributed by atoms with E-state index in [0.29, 0.717) is 6.61 Å². The number of fused-ring (bicyclic) bond motifs is 1. The highest BCUT2D eigenvalue weighted by Crippen LogP contribution is 2.48. The van der Waals surface area contributed by atoms with Gasteiger partial charge in [0.15, 0.2) is 5.54 Å². The summed E-state index contributed by atoms with van der Waals surface area (Å²) < 4.78 is 52.0. The van der Waals surface area contributed by atoms with Crippen LogP contribution in [0.1, 0.15) is 36.5 Å². The quantitative estimate of drug-likeness (QED) is 0.706. The van der Waals surface area contributed by atoms with E-state index < -0.39 is 23.3 Å². The molecule has 0 radical (unpaired) electrons. The molecule has 2 aromatic rings. The number of halogens is 3. The number of alkyl halides is 2. The van der Waals surface area contributed by atoms with E-state index in [1.165, 1.54) is 13.1 Å². The van der Waals surface area contributed by atoms with Gasteiger partial charge in [-0.05, 0) is 36.6 Å². The number of nitrogens with zero attached hydrogens (tertiary/aromatic N) is 2. The van der Waals surface area contributed by atoms with Crippen molar-refractivity contribution >= 4 is 11.7 Å². The van der Waals surface area contributed by atoms with E-state index in [4.69, 9.17) is 4.74 Å². The average Bonchev–Trinajstić information content (AvgIpc) is 3.42. The Kier molecular flexibility index (Phi) is 5.26. The molecule has 1 aliphatic heterocycles. The smallest absolute Gasteiger partial charge is 0.323 e. The first-order valence-corrected chi connectivity index (χ1v) is 10.1. The van der Waals surface area contributed by atoms with Crippen molar-refractivity contribution in [3.63, 3.8) is 0 Å². The lowest BCUT2D eigenvalue weighted by molar-refractivity contribution is -0.0862. The first-order chi connectivity index (χ1) is 14.7. The van der Waals surface area contributed by atoms with Crippen LogP contribution in [0.4, 0.5) is 23.7 Å². The predicted molar refractivity (Wildman–Crippen MR) is 110 cm³/mol. The van der Waals surface area contributed by atoms with E-state index >= 15 is 13.2 Å². The Morgan fingerprint density at radius 3 is 2.74 bits per heavy atom. The first-order valence-electron chi connectivity index (χ1n) is 10.1. The molecule has 1 aromatic heterocycles. The van der Waals surface area contributed by atoms with Gasteiger partial charge in [0.1, 0.15) is 5.82 Å². The summed E-state index contributed by atoms with van der Waals surface area (Å²) in [5, 5.41) is 2.61. The van der Waals surface area contributed by atoms with Crippen LogP contribution >= 0.6 is 0 Å². The van der Waals surface area contributed by atoms with Crippen LogP contribution in [0.2, 0.25) is 0 Å². The number of hydrogen-bond donors (Lipinski definition) is 1. The minimum Gasteiger partial charge on any atom is -0.380 e. The number of ether oxygens (including phenoxy) is 1. The molecule has 2 heterocycles. The molecule has 0 spiro atoms. The molecular formula is C23H24F3N3O2. The third-order valence-electron chi connectivity index (χ3n) is 5.77. The molecule has 1 saturated carbocycles. The Hall–Kier alpha value is -2.92. The van der Waals surface area contributed by atoms with E-state index in [0.717, 1.165) is 36.3 Å². The lowest BCUT2D eigenvalue weighted by Crippen LogP contribution is -2.60. The second kappa shape index (κ2) is 7.65. The lowest BCUT2D eigenvalue weighted by Gasteiger charge is -2.46. The molecule has 1 aromatic carbocycles. The molecule has 1 aliphatic carbocycles. The lowest BCUT2D eigenvalue weighted by atomic mass is 9.80. The molecule has 2 amide bonds. The van der Waals surface area contributed by atoms with Gasteiger partial charge in [0.25, 0.3) is 5.92 Å². The molecular weight excluding hydrogens is 407 g/mol. The molecule has 0 bridgehead atoms. The highest BCUT2D eigenvalue weighted by molar-refractivity contribution is 5.95. The van der Waals surface area contributed by atoms with Gasteiger partial charge in [0, 0.05) is 62.8 Å². The average molecular weight is 431 g/mol. The molecule has 31 heavy (non-hydrogen) atoms. The van der Waals surface area contributed by atoms with Crippen molar-refractivity contribution in [2.45, 2.75) is 44.4 Å². The molecule has 2 aliphatic rings. The highest BCUT2D eigenvalue weighted by atomic mass is 19.3. The van der Waals surface area contributed by atoms with Gasteiger partial charge in [-0.3, -0.25) is 0 Å². The fourth-order valence-electron chi connectivity index (χ4n) is 3.94. The first kappa shape index (κ1) is 21.3. The number of amides is 2. The third-order valence-corrected chi connectivity index (χ3v) is 5.77. The number of anilines is 1. The standard InChI is InChI=1S/C23H24F3N3O2/c1-22(25,26)23(8-6-15-4-5-15)18-11-19(24)17(10-20(18)27-21(30)28(23)2)13-29-9-7-16(12-29)14-31-3/h7,9-12,15H,4-5,13-14H2,1-3H3,(H,27,30)/t23-/m0/s1. The van der Waals surface area contributed by atoms with Crippen molar-refractivity contribution in [3.8, 4) is 11.8 Å². The second-order valence-electron chi connectivity index (χ2n) is 8.25. The second-order valence-corrected chi connectivity index (χ2v) is 8.25. The van der Waals surface area contributed by atoms with Gasteiger partial charge in [-0.25, -0.2) is 18.0 Å². The fraction of sp³-hybridized carbons (Fsp3) is 0.435. The van der Waals surface area contributed by atoms with Gasteiger partial charge in [0.05, 0.1) is 6.61 Å². The molecule has 1 atom stereocenters. The van der Waals surface area contributed by atoms with Crippen LogP contribution in [0.15, 0.2) is 30.6 Å². The number of rotatable bonds is 5. The summed E-state index contributed by atoms with van der Waals surface area (Å²) in [4.78, 5) is 13.5. The van der Waals surface area contributed by atoms with Crippen molar-refractivity contribution in [3.05, 3.63) is 53.1 Å². The zero-order valence-electron chi connectivity index (χ0n) is 17.6. The van der Waals surface area contributed by atoms with Gasteiger partial charge >= 0.3 is 6.03 Å². The van der Waals surface area contributed by atoms with Crippen LogP contribution in [0, 0.1) is 23.6 Å². The summed E-state index contributed by atoms with van der Waals surface area (Å²) in [7, 11) is 2.85. The maximum absolute atomic E-state index is 15.1. The number of urea groups is 1. The Bertz CT molecular complexity index is 1080. The van der Waals surface area contributed by atoms with Crippen molar-refractivity contribution in [2.24, 2.45) is 5.92 Å². The van der Waals surface area contributed by atoms with Gasteiger partial charge in [-0.15, -0.1) is 0 Å². The largest absolute Gasteiger partial charge is 0.380 e. The minimum atomic E-state index is -3.42. The summed E-state index contributed by atoms with van der Waals surface area (Å²) in [6.45, 7) is 1.32. The predicted octanol–water partition coefficient (Wildman–Crippen LogP) is 4.56. The van der Waals surface area contributed by atoms with E-state index in [-0.39, 0.29) is 29.3 Å². The van der Waals surface area contributed by atoms with E-state index in [1.54, 1.807) is 17.9 Å². The van der Waals surface area contributed by atoms with Gasteiger partial charge in [-0.2, -0.15) is 0 Å².